The molecule has 106 valence electrons. The fourth-order valence-electron chi connectivity index (χ4n) is 2.48. The summed E-state index contributed by atoms with van der Waals surface area (Å²) in [5.41, 5.74) is 0. The highest BCUT2D eigenvalue weighted by atomic mass is 79.9. The van der Waals surface area contributed by atoms with Crippen molar-refractivity contribution in [1.29, 1.82) is 0 Å². The van der Waals surface area contributed by atoms with Crippen LogP contribution in [-0.2, 0) is 0 Å². The zero-order valence-electron chi connectivity index (χ0n) is 11.0. The Kier molecular flexibility index (Phi) is 3.89. The van der Waals surface area contributed by atoms with Gasteiger partial charge in [0, 0.05) is 15.9 Å². The predicted molar refractivity (Wildman–Crippen MR) is 78.7 cm³/mol. The summed E-state index contributed by atoms with van der Waals surface area (Å²) in [6, 6.07) is 1.82. The molecule has 0 N–H and O–H groups in total. The van der Waals surface area contributed by atoms with Gasteiger partial charge in [0.15, 0.2) is 5.82 Å². The highest BCUT2D eigenvalue weighted by Crippen LogP contribution is 2.33. The Labute approximate surface area is 129 Å². The average molecular weight is 356 g/mol. The molecule has 5 nitrogen and oxygen atoms in total. The third-order valence-electron chi connectivity index (χ3n) is 3.51. The molecule has 2 aromatic rings. The molecule has 1 atom stereocenters. The number of carbonyl (C=O) groups is 1. The second-order valence-corrected chi connectivity index (χ2v) is 6.92. The summed E-state index contributed by atoms with van der Waals surface area (Å²) >= 11 is 4.98. The molecule has 0 radical (unpaired) electrons. The van der Waals surface area contributed by atoms with Crippen molar-refractivity contribution in [2.24, 2.45) is 0 Å². The van der Waals surface area contributed by atoms with Gasteiger partial charge in [-0.3, -0.25) is 4.79 Å². The zero-order valence-corrected chi connectivity index (χ0v) is 13.4. The van der Waals surface area contributed by atoms with Gasteiger partial charge in [0.1, 0.15) is 0 Å². The lowest BCUT2D eigenvalue weighted by atomic mass is 10.0. The van der Waals surface area contributed by atoms with E-state index in [-0.39, 0.29) is 11.9 Å². The number of likely N-dealkylation sites (tertiary alicyclic amines) is 1. The number of amides is 1. The van der Waals surface area contributed by atoms with Gasteiger partial charge in [0.25, 0.3) is 5.91 Å². The topological polar surface area (TPSA) is 59.2 Å². The second kappa shape index (κ2) is 5.65. The Balaban J connectivity index is 1.88. The lowest BCUT2D eigenvalue weighted by Gasteiger charge is -2.33. The maximum atomic E-state index is 12.7. The summed E-state index contributed by atoms with van der Waals surface area (Å²) in [4.78, 5) is 20.5. The fourth-order valence-corrected chi connectivity index (χ4v) is 3.97. The van der Waals surface area contributed by atoms with E-state index in [1.807, 2.05) is 17.9 Å². The number of thiophene rings is 1. The van der Waals surface area contributed by atoms with Crippen LogP contribution in [0.4, 0.5) is 0 Å². The van der Waals surface area contributed by atoms with Crippen LogP contribution < -0.4 is 0 Å². The maximum Gasteiger partial charge on any atom is 0.264 e. The van der Waals surface area contributed by atoms with Gasteiger partial charge in [-0.1, -0.05) is 5.16 Å². The molecule has 0 saturated carbocycles. The number of rotatable bonds is 2. The number of carbonyl (C=O) groups excluding carboxylic acids is 1. The van der Waals surface area contributed by atoms with Crippen LogP contribution in [-0.4, -0.2) is 27.5 Å². The van der Waals surface area contributed by atoms with Crippen molar-refractivity contribution < 1.29 is 9.32 Å². The van der Waals surface area contributed by atoms with E-state index < -0.39 is 0 Å². The van der Waals surface area contributed by atoms with Crippen molar-refractivity contribution in [3.8, 4) is 0 Å². The summed E-state index contributed by atoms with van der Waals surface area (Å²) in [5, 5.41) is 3.90. The van der Waals surface area contributed by atoms with E-state index in [1.165, 1.54) is 17.7 Å². The highest BCUT2D eigenvalue weighted by Gasteiger charge is 2.32. The van der Waals surface area contributed by atoms with E-state index in [4.69, 9.17) is 4.52 Å². The maximum absolute atomic E-state index is 12.7. The fraction of sp³-hybridized carbons (Fsp3) is 0.462. The van der Waals surface area contributed by atoms with Gasteiger partial charge in [-0.2, -0.15) is 4.98 Å². The molecular formula is C13H14BrN3O2S. The normalized spacial score (nSPS) is 19.3. The second-order valence-electron chi connectivity index (χ2n) is 4.81. The first kappa shape index (κ1) is 13.8. The lowest BCUT2D eigenvalue weighted by Crippen LogP contribution is -2.38. The molecule has 3 heterocycles. The van der Waals surface area contributed by atoms with Gasteiger partial charge in [-0.05, 0) is 48.2 Å². The smallest absolute Gasteiger partial charge is 0.264 e. The Morgan fingerprint density at radius 2 is 2.40 bits per heavy atom. The minimum atomic E-state index is -0.0730. The molecular weight excluding hydrogens is 342 g/mol. The average Bonchev–Trinajstić information content (AvgIpc) is 3.09. The number of halogens is 1. The van der Waals surface area contributed by atoms with Crippen molar-refractivity contribution >= 4 is 33.2 Å². The molecule has 1 aliphatic heterocycles. The number of hydrogen-bond donors (Lipinski definition) is 0. The Hall–Kier alpha value is -1.21. The summed E-state index contributed by atoms with van der Waals surface area (Å²) in [7, 11) is 0. The van der Waals surface area contributed by atoms with Gasteiger partial charge in [0.2, 0.25) is 6.39 Å². The van der Waals surface area contributed by atoms with E-state index >= 15 is 0 Å². The molecule has 0 aromatic carbocycles. The first-order valence-electron chi connectivity index (χ1n) is 6.50. The van der Waals surface area contributed by atoms with Crippen molar-refractivity contribution in [3.63, 3.8) is 0 Å². The molecule has 1 saturated heterocycles. The molecule has 7 heteroatoms. The van der Waals surface area contributed by atoms with E-state index in [9.17, 15) is 4.79 Å². The highest BCUT2D eigenvalue weighted by molar-refractivity contribution is 9.10. The van der Waals surface area contributed by atoms with Crippen molar-refractivity contribution in [3.05, 3.63) is 32.5 Å². The van der Waals surface area contributed by atoms with Gasteiger partial charge < -0.3 is 9.42 Å². The minimum Gasteiger partial charge on any atom is -0.343 e. The van der Waals surface area contributed by atoms with Crippen molar-refractivity contribution in [2.45, 2.75) is 32.2 Å². The number of piperidine rings is 1. The first-order chi connectivity index (χ1) is 9.66. The number of aromatic nitrogens is 2. The van der Waals surface area contributed by atoms with Gasteiger partial charge >= 0.3 is 0 Å². The molecule has 0 aliphatic carbocycles. The lowest BCUT2D eigenvalue weighted by molar-refractivity contribution is 0.0602. The van der Waals surface area contributed by atoms with E-state index in [0.29, 0.717) is 5.82 Å². The molecule has 1 aliphatic rings. The van der Waals surface area contributed by atoms with Gasteiger partial charge in [0.05, 0.1) is 10.9 Å². The van der Waals surface area contributed by atoms with Gasteiger partial charge in [-0.15, -0.1) is 11.3 Å². The minimum absolute atomic E-state index is 0.0540. The number of nitrogens with zero attached hydrogens (tertiary/aromatic N) is 3. The third kappa shape index (κ3) is 2.52. The summed E-state index contributed by atoms with van der Waals surface area (Å²) in [5.74, 6) is 0.656. The summed E-state index contributed by atoms with van der Waals surface area (Å²) in [6.45, 7) is 2.74. The Morgan fingerprint density at radius 1 is 1.55 bits per heavy atom. The Morgan fingerprint density at radius 3 is 3.05 bits per heavy atom. The largest absolute Gasteiger partial charge is 0.343 e. The first-order valence-corrected chi connectivity index (χ1v) is 8.11. The molecule has 0 spiro atoms. The van der Waals surface area contributed by atoms with Crippen LogP contribution in [0, 0.1) is 6.92 Å². The van der Waals surface area contributed by atoms with Crippen LogP contribution >= 0.6 is 27.3 Å². The van der Waals surface area contributed by atoms with Crippen LogP contribution in [0.1, 0.15) is 45.7 Å². The molecule has 1 amide bonds. The molecule has 20 heavy (non-hydrogen) atoms. The third-order valence-corrected chi connectivity index (χ3v) is 5.63. The number of hydrogen-bond acceptors (Lipinski definition) is 5. The van der Waals surface area contributed by atoms with Gasteiger partial charge in [-0.25, -0.2) is 0 Å². The van der Waals surface area contributed by atoms with E-state index in [2.05, 4.69) is 26.1 Å². The molecule has 0 bridgehead atoms. The van der Waals surface area contributed by atoms with Crippen LogP contribution in [0.15, 0.2) is 21.5 Å². The van der Waals surface area contributed by atoms with Crippen molar-refractivity contribution in [1.82, 2.24) is 15.0 Å². The predicted octanol–water partition coefficient (Wildman–Crippen LogP) is 3.57. The molecule has 1 fully saturated rings. The zero-order chi connectivity index (χ0) is 14.1. The van der Waals surface area contributed by atoms with E-state index in [0.717, 1.165) is 40.0 Å². The Bertz CT molecular complexity index is 592. The summed E-state index contributed by atoms with van der Waals surface area (Å²) in [6.07, 6.45) is 4.30. The van der Waals surface area contributed by atoms with Crippen molar-refractivity contribution in [2.75, 3.05) is 6.54 Å². The van der Waals surface area contributed by atoms with Crippen LogP contribution in [0.3, 0.4) is 0 Å². The summed E-state index contributed by atoms with van der Waals surface area (Å²) < 4.78 is 5.81. The quantitative estimate of drug-likeness (QED) is 0.825. The molecule has 2 aromatic heterocycles. The van der Waals surface area contributed by atoms with Crippen LogP contribution in [0.2, 0.25) is 0 Å². The molecule has 1 unspecified atom stereocenters. The van der Waals surface area contributed by atoms with Crippen LogP contribution in [0.25, 0.3) is 0 Å². The molecule has 3 rings (SSSR count). The van der Waals surface area contributed by atoms with Crippen LogP contribution in [0.5, 0.6) is 0 Å². The standard InChI is InChI=1S/C13H14BrN3O2S/c1-8-9(14)6-11(20-8)13(18)17-5-3-2-4-10(17)12-15-7-19-16-12/h6-7,10H,2-5H2,1H3. The number of aryl methyl sites for hydroxylation is 1. The van der Waals surface area contributed by atoms with E-state index in [1.54, 1.807) is 0 Å². The SMILES string of the molecule is Cc1sc(C(=O)N2CCCCC2c2ncon2)cc1Br. The monoisotopic (exact) mass is 355 g/mol.